The van der Waals surface area contributed by atoms with Crippen LogP contribution in [0.5, 0.6) is 0 Å². The van der Waals surface area contributed by atoms with Crippen LogP contribution in [0.2, 0.25) is 5.02 Å². The molecular formula is C18H12ClF5N4O2. The third-order valence-electron chi connectivity index (χ3n) is 4.90. The van der Waals surface area contributed by atoms with Gasteiger partial charge in [0.2, 0.25) is 0 Å². The van der Waals surface area contributed by atoms with Gasteiger partial charge in [0.1, 0.15) is 5.82 Å². The molecule has 0 saturated carbocycles. The van der Waals surface area contributed by atoms with Crippen molar-refractivity contribution >= 4 is 34.2 Å². The Morgan fingerprint density at radius 1 is 1.17 bits per heavy atom. The Morgan fingerprint density at radius 2 is 1.87 bits per heavy atom. The number of anilines is 1. The van der Waals surface area contributed by atoms with Crippen LogP contribution in [-0.2, 0) is 6.54 Å². The van der Waals surface area contributed by atoms with Crippen molar-refractivity contribution < 1.29 is 26.7 Å². The number of nitrogens with one attached hydrogen (secondary N) is 1. The van der Waals surface area contributed by atoms with Crippen molar-refractivity contribution in [3.8, 4) is 0 Å². The van der Waals surface area contributed by atoms with E-state index in [4.69, 9.17) is 17.3 Å². The molecule has 0 fully saturated rings. The summed E-state index contributed by atoms with van der Waals surface area (Å²) in [6.07, 6.45) is -3.01. The lowest BCUT2D eigenvalue weighted by Gasteiger charge is -2.16. The lowest BCUT2D eigenvalue weighted by molar-refractivity contribution is 0.0682. The Kier molecular flexibility index (Phi) is 4.72. The number of hydrogen-bond acceptors (Lipinski definition) is 3. The van der Waals surface area contributed by atoms with Crippen LogP contribution in [0, 0.1) is 5.82 Å². The molecular weight excluding hydrogens is 435 g/mol. The highest BCUT2D eigenvalue weighted by molar-refractivity contribution is 6.31. The van der Waals surface area contributed by atoms with Gasteiger partial charge in [-0.05, 0) is 24.3 Å². The molecule has 3 aromatic rings. The highest BCUT2D eigenvalue weighted by Crippen LogP contribution is 2.42. The number of imidazole rings is 1. The molecule has 2 aromatic carbocycles. The van der Waals surface area contributed by atoms with E-state index in [2.05, 4.69) is 5.32 Å². The van der Waals surface area contributed by atoms with Crippen LogP contribution in [0.25, 0.3) is 11.0 Å². The summed E-state index contributed by atoms with van der Waals surface area (Å²) >= 11 is 6.11. The van der Waals surface area contributed by atoms with Crippen molar-refractivity contribution in [1.29, 1.82) is 0 Å². The minimum Gasteiger partial charge on any atom is -0.398 e. The van der Waals surface area contributed by atoms with Gasteiger partial charge < -0.3 is 11.1 Å². The van der Waals surface area contributed by atoms with Crippen molar-refractivity contribution in [2.75, 3.05) is 5.73 Å². The molecule has 30 heavy (non-hydrogen) atoms. The third-order valence-corrected chi connectivity index (χ3v) is 5.24. The van der Waals surface area contributed by atoms with E-state index in [1.165, 1.54) is 6.07 Å². The molecule has 12 heteroatoms. The fourth-order valence-corrected chi connectivity index (χ4v) is 3.98. The molecule has 1 amide bonds. The Bertz CT molecular complexity index is 1250. The topological polar surface area (TPSA) is 82.1 Å². The molecule has 1 unspecified atom stereocenters. The van der Waals surface area contributed by atoms with Crippen molar-refractivity contribution in [2.24, 2.45) is 0 Å². The maximum Gasteiger partial charge on any atom is 0.333 e. The number of fused-ring (bicyclic) bond motifs is 3. The number of hydrogen-bond donors (Lipinski definition) is 2. The average molecular weight is 447 g/mol. The molecule has 3 N–H and O–H groups in total. The molecule has 1 aliphatic rings. The van der Waals surface area contributed by atoms with Crippen molar-refractivity contribution in [1.82, 2.24) is 14.5 Å². The maximum atomic E-state index is 13.8. The zero-order chi connectivity index (χ0) is 21.9. The fraction of sp³-hybridized carbons (Fsp3) is 0.222. The van der Waals surface area contributed by atoms with Gasteiger partial charge >= 0.3 is 12.2 Å². The van der Waals surface area contributed by atoms with E-state index in [1.54, 1.807) is 0 Å². The van der Waals surface area contributed by atoms with Crippen molar-refractivity contribution in [2.45, 2.75) is 25.6 Å². The largest absolute Gasteiger partial charge is 0.398 e. The van der Waals surface area contributed by atoms with Gasteiger partial charge in [0, 0.05) is 21.8 Å². The van der Waals surface area contributed by atoms with Crippen molar-refractivity contribution in [3.05, 3.63) is 62.3 Å². The van der Waals surface area contributed by atoms with Crippen molar-refractivity contribution in [3.63, 3.8) is 0 Å². The van der Waals surface area contributed by atoms with Gasteiger partial charge in [-0.15, -0.1) is 0 Å². The Balaban J connectivity index is 2.08. The molecule has 0 radical (unpaired) electrons. The summed E-state index contributed by atoms with van der Waals surface area (Å²) in [7, 11) is 0. The second kappa shape index (κ2) is 7.01. The van der Waals surface area contributed by atoms with Gasteiger partial charge in [-0.2, -0.15) is 8.78 Å². The van der Waals surface area contributed by atoms with E-state index in [9.17, 15) is 31.5 Å². The maximum absolute atomic E-state index is 13.8. The summed E-state index contributed by atoms with van der Waals surface area (Å²) in [6, 6.07) is 3.37. The fourth-order valence-electron chi connectivity index (χ4n) is 3.75. The molecule has 158 valence electrons. The van der Waals surface area contributed by atoms with Crippen LogP contribution in [0.15, 0.2) is 29.1 Å². The Hall–Kier alpha value is -3.08. The number of benzene rings is 2. The van der Waals surface area contributed by atoms with Crippen LogP contribution in [0.4, 0.5) is 27.6 Å². The van der Waals surface area contributed by atoms with Crippen LogP contribution in [-0.4, -0.2) is 21.5 Å². The van der Waals surface area contributed by atoms with Crippen LogP contribution >= 0.6 is 11.6 Å². The number of aromatic nitrogens is 2. The molecule has 1 atom stereocenters. The number of carbonyl (C=O) groups excluding carboxylic acids is 1. The first-order valence-electron chi connectivity index (χ1n) is 8.51. The standard InChI is InChI=1S/C18H12ClF5N4O2/c19-8-2-1-6(20)3-7(8)14-12-9(25)4-10-15(13(12)16(29)26-14)28(17(23)24)18(30)27(10)5-11(21)22/h1-4,11,14,17H,5,25H2,(H,26,29). The van der Waals surface area contributed by atoms with Gasteiger partial charge in [0.05, 0.1) is 29.2 Å². The number of nitrogens with zero attached hydrogens (tertiary/aromatic N) is 2. The SMILES string of the molecule is Nc1cc2c(c3c1C(c1cc(F)ccc1Cl)NC3=O)n(C(F)F)c(=O)n2CC(F)F. The highest BCUT2D eigenvalue weighted by Gasteiger charge is 2.38. The summed E-state index contributed by atoms with van der Waals surface area (Å²) in [5.41, 5.74) is 3.36. The summed E-state index contributed by atoms with van der Waals surface area (Å²) in [5, 5.41) is 2.56. The summed E-state index contributed by atoms with van der Waals surface area (Å²) in [5.74, 6) is -1.54. The van der Waals surface area contributed by atoms with Crippen LogP contribution in [0.1, 0.15) is 34.1 Å². The van der Waals surface area contributed by atoms with Gasteiger partial charge in [-0.1, -0.05) is 11.6 Å². The van der Waals surface area contributed by atoms with Crippen LogP contribution in [0.3, 0.4) is 0 Å². The molecule has 6 nitrogen and oxygen atoms in total. The summed E-state index contributed by atoms with van der Waals surface area (Å²) < 4.78 is 67.4. The number of rotatable bonds is 4. The number of halogens is 6. The van der Waals surface area contributed by atoms with E-state index in [0.29, 0.717) is 4.57 Å². The zero-order valence-electron chi connectivity index (χ0n) is 14.8. The highest BCUT2D eigenvalue weighted by atomic mass is 35.5. The Labute approximate surface area is 169 Å². The van der Waals surface area contributed by atoms with E-state index >= 15 is 0 Å². The molecule has 1 aromatic heterocycles. The van der Waals surface area contributed by atoms with E-state index in [0.717, 1.165) is 18.2 Å². The molecule has 0 saturated heterocycles. The first-order valence-corrected chi connectivity index (χ1v) is 8.88. The molecule has 1 aliphatic heterocycles. The van der Waals surface area contributed by atoms with Gasteiger partial charge in [-0.25, -0.2) is 22.5 Å². The lowest BCUT2D eigenvalue weighted by Crippen LogP contribution is -2.27. The second-order valence-electron chi connectivity index (χ2n) is 6.63. The van der Waals surface area contributed by atoms with E-state index < -0.39 is 48.5 Å². The summed E-state index contributed by atoms with van der Waals surface area (Å²) in [4.78, 5) is 25.1. The van der Waals surface area contributed by atoms with Gasteiger partial charge in [-0.3, -0.25) is 9.36 Å². The Morgan fingerprint density at radius 3 is 2.50 bits per heavy atom. The zero-order valence-corrected chi connectivity index (χ0v) is 15.6. The average Bonchev–Trinajstić information content (AvgIpc) is 3.13. The van der Waals surface area contributed by atoms with E-state index in [-0.39, 0.29) is 37.5 Å². The normalized spacial score (nSPS) is 16.0. The first kappa shape index (κ1) is 20.2. The number of carbonyl (C=O) groups is 1. The molecule has 0 spiro atoms. The third kappa shape index (κ3) is 2.92. The molecule has 0 bridgehead atoms. The number of amides is 1. The smallest absolute Gasteiger partial charge is 0.333 e. The lowest BCUT2D eigenvalue weighted by atomic mass is 9.95. The number of nitrogen functional groups attached to an aromatic ring is 1. The quantitative estimate of drug-likeness (QED) is 0.474. The minimum atomic E-state index is -3.41. The minimum absolute atomic E-state index is 0.00333. The molecule has 0 aliphatic carbocycles. The van der Waals surface area contributed by atoms with Gasteiger partial charge in [0.15, 0.2) is 0 Å². The molecule has 2 heterocycles. The monoisotopic (exact) mass is 446 g/mol. The number of alkyl halides is 4. The first-order chi connectivity index (χ1) is 14.1. The molecule has 4 rings (SSSR count). The van der Waals surface area contributed by atoms with Crippen LogP contribution < -0.4 is 16.7 Å². The van der Waals surface area contributed by atoms with Gasteiger partial charge in [0.25, 0.3) is 12.3 Å². The summed E-state index contributed by atoms with van der Waals surface area (Å²) in [6.45, 7) is -4.56. The predicted octanol–water partition coefficient (Wildman–Crippen LogP) is 3.67. The second-order valence-corrected chi connectivity index (χ2v) is 7.03. The predicted molar refractivity (Wildman–Crippen MR) is 98.6 cm³/mol. The van der Waals surface area contributed by atoms with E-state index in [1.807, 2.05) is 0 Å². The number of nitrogens with two attached hydrogens (primary N) is 1.